The van der Waals surface area contributed by atoms with Crippen molar-refractivity contribution in [2.45, 2.75) is 71.3 Å². The second-order valence-electron chi connectivity index (χ2n) is 5.31. The van der Waals surface area contributed by atoms with E-state index in [1.807, 2.05) is 13.8 Å². The van der Waals surface area contributed by atoms with E-state index in [4.69, 9.17) is 5.26 Å². The van der Waals surface area contributed by atoms with Crippen LogP contribution < -0.4 is 0 Å². The molecule has 0 aromatic carbocycles. The number of nitrogens with zero attached hydrogens (tertiary/aromatic N) is 1. The summed E-state index contributed by atoms with van der Waals surface area (Å²) in [5.74, 6) is 2.02. The lowest BCUT2D eigenvalue weighted by Crippen LogP contribution is -2.27. The van der Waals surface area contributed by atoms with Crippen LogP contribution in [0.15, 0.2) is 0 Å². The van der Waals surface area contributed by atoms with Crippen molar-refractivity contribution >= 4 is 0 Å². The Bertz CT molecular complexity index is 230. The predicted octanol–water partition coefficient (Wildman–Crippen LogP) is 3.89. The second-order valence-corrected chi connectivity index (χ2v) is 5.31. The average Bonchev–Trinajstić information content (AvgIpc) is 2.42. The minimum absolute atomic E-state index is 0.0308. The molecule has 0 radical (unpaired) electrons. The summed E-state index contributed by atoms with van der Waals surface area (Å²) in [4.78, 5) is 0. The van der Waals surface area contributed by atoms with Gasteiger partial charge in [-0.15, -0.1) is 0 Å². The van der Waals surface area contributed by atoms with Gasteiger partial charge in [-0.25, -0.2) is 0 Å². The van der Waals surface area contributed by atoms with Crippen molar-refractivity contribution < 1.29 is 5.11 Å². The average molecular weight is 237 g/mol. The van der Waals surface area contributed by atoms with Crippen molar-refractivity contribution in [2.75, 3.05) is 0 Å². The first-order valence-corrected chi connectivity index (χ1v) is 7.37. The van der Waals surface area contributed by atoms with Crippen LogP contribution in [-0.4, -0.2) is 11.2 Å². The summed E-state index contributed by atoms with van der Waals surface area (Å²) in [5.41, 5.74) is 0. The van der Waals surface area contributed by atoms with Crippen molar-refractivity contribution in [2.24, 2.45) is 17.8 Å². The zero-order valence-corrected chi connectivity index (χ0v) is 11.4. The Kier molecular flexibility index (Phi) is 6.58. The molecule has 1 N–H and O–H groups in total. The Hall–Kier alpha value is -0.550. The first kappa shape index (κ1) is 14.5. The highest BCUT2D eigenvalue weighted by Crippen LogP contribution is 2.39. The van der Waals surface area contributed by atoms with Crippen molar-refractivity contribution in [1.29, 1.82) is 5.26 Å². The third kappa shape index (κ3) is 4.32. The maximum atomic E-state index is 9.46. The van der Waals surface area contributed by atoms with Crippen LogP contribution in [0, 0.1) is 29.1 Å². The fourth-order valence-electron chi connectivity index (χ4n) is 3.29. The molecule has 0 saturated heterocycles. The number of aliphatic hydroxyl groups is 1. The van der Waals surface area contributed by atoms with Gasteiger partial charge in [0.1, 0.15) is 0 Å². The van der Waals surface area contributed by atoms with Gasteiger partial charge in [-0.05, 0) is 63.2 Å². The van der Waals surface area contributed by atoms with E-state index in [1.54, 1.807) is 0 Å². The summed E-state index contributed by atoms with van der Waals surface area (Å²) in [6.07, 6.45) is 9.12. The zero-order valence-electron chi connectivity index (χ0n) is 11.4. The molecule has 2 rings (SSSR count). The predicted molar refractivity (Wildman–Crippen MR) is 70.4 cm³/mol. The molecule has 2 heteroatoms. The van der Waals surface area contributed by atoms with Crippen LogP contribution in [0.5, 0.6) is 0 Å². The highest BCUT2D eigenvalue weighted by atomic mass is 16.3. The van der Waals surface area contributed by atoms with Gasteiger partial charge in [-0.1, -0.05) is 13.8 Å². The lowest BCUT2D eigenvalue weighted by molar-refractivity contribution is 0.0796. The minimum atomic E-state index is -0.0308. The molecule has 0 amide bonds. The summed E-state index contributed by atoms with van der Waals surface area (Å²) in [6.45, 7) is 4.00. The molecule has 0 bridgehead atoms. The molecular weight excluding hydrogens is 210 g/mol. The van der Waals surface area contributed by atoms with Gasteiger partial charge in [0.25, 0.3) is 0 Å². The lowest BCUT2D eigenvalue weighted by atomic mass is 9.71. The molecule has 2 aliphatic rings. The van der Waals surface area contributed by atoms with Crippen LogP contribution in [0.25, 0.3) is 0 Å². The molecule has 0 aromatic heterocycles. The summed E-state index contributed by atoms with van der Waals surface area (Å²) in [5, 5.41) is 18.3. The van der Waals surface area contributed by atoms with E-state index >= 15 is 0 Å². The highest BCUT2D eigenvalue weighted by Gasteiger charge is 2.30. The smallest absolute Gasteiger partial charge is 0.0655 e. The Morgan fingerprint density at radius 3 is 1.65 bits per heavy atom. The zero-order chi connectivity index (χ0) is 12.7. The van der Waals surface area contributed by atoms with Crippen LogP contribution in [0.1, 0.15) is 65.2 Å². The number of nitriles is 1. The normalized spacial score (nSPS) is 37.5. The van der Waals surface area contributed by atoms with Gasteiger partial charge in [0.05, 0.1) is 12.2 Å². The quantitative estimate of drug-likeness (QED) is 0.751. The van der Waals surface area contributed by atoms with Crippen molar-refractivity contribution in [1.82, 2.24) is 0 Å². The Morgan fingerprint density at radius 1 is 0.824 bits per heavy atom. The molecule has 0 heterocycles. The first-order chi connectivity index (χ1) is 8.29. The largest absolute Gasteiger partial charge is 0.393 e. The van der Waals surface area contributed by atoms with E-state index in [-0.39, 0.29) is 6.10 Å². The van der Waals surface area contributed by atoms with Crippen LogP contribution >= 0.6 is 0 Å². The second kappa shape index (κ2) is 7.71. The lowest BCUT2D eigenvalue weighted by Gasteiger charge is -2.35. The van der Waals surface area contributed by atoms with E-state index in [0.29, 0.717) is 5.92 Å². The number of rotatable bonds is 1. The van der Waals surface area contributed by atoms with Gasteiger partial charge < -0.3 is 5.11 Å². The molecule has 2 nitrogen and oxygen atoms in total. The van der Waals surface area contributed by atoms with Crippen LogP contribution in [-0.2, 0) is 0 Å². The molecule has 0 unspecified atom stereocenters. The molecule has 0 aromatic rings. The summed E-state index contributed by atoms with van der Waals surface area (Å²) in [6, 6.07) is 2.39. The number of aliphatic hydroxyl groups excluding tert-OH is 1. The van der Waals surface area contributed by atoms with Crippen molar-refractivity contribution in [3.05, 3.63) is 0 Å². The third-order valence-electron chi connectivity index (χ3n) is 4.36. The van der Waals surface area contributed by atoms with Crippen molar-refractivity contribution in [3.63, 3.8) is 0 Å². The Morgan fingerprint density at radius 2 is 1.24 bits per heavy atom. The minimum Gasteiger partial charge on any atom is -0.393 e. The number of hydrogen-bond acceptors (Lipinski definition) is 2. The van der Waals surface area contributed by atoms with Gasteiger partial charge in [0.2, 0.25) is 0 Å². The summed E-state index contributed by atoms with van der Waals surface area (Å²) >= 11 is 0. The molecule has 98 valence electrons. The maximum Gasteiger partial charge on any atom is 0.0655 e. The summed E-state index contributed by atoms with van der Waals surface area (Å²) < 4.78 is 0. The Labute approximate surface area is 106 Å². The molecule has 2 aliphatic carbocycles. The fraction of sp³-hybridized carbons (Fsp3) is 0.933. The molecule has 0 atom stereocenters. The molecule has 2 saturated carbocycles. The van der Waals surface area contributed by atoms with Crippen LogP contribution in [0.4, 0.5) is 0 Å². The van der Waals surface area contributed by atoms with Gasteiger partial charge in [-0.3, -0.25) is 0 Å². The Balaban J connectivity index is 0.000000686. The van der Waals surface area contributed by atoms with Gasteiger partial charge in [-0.2, -0.15) is 5.26 Å². The van der Waals surface area contributed by atoms with E-state index in [0.717, 1.165) is 37.5 Å². The van der Waals surface area contributed by atoms with Crippen LogP contribution in [0.3, 0.4) is 0 Å². The fourth-order valence-corrected chi connectivity index (χ4v) is 3.29. The monoisotopic (exact) mass is 237 g/mol. The van der Waals surface area contributed by atoms with E-state index < -0.39 is 0 Å². The van der Waals surface area contributed by atoms with E-state index in [1.165, 1.54) is 25.7 Å². The highest BCUT2D eigenvalue weighted by molar-refractivity contribution is 4.89. The van der Waals surface area contributed by atoms with Gasteiger partial charge in [0, 0.05) is 5.92 Å². The van der Waals surface area contributed by atoms with Crippen molar-refractivity contribution in [3.8, 4) is 6.07 Å². The maximum absolute atomic E-state index is 9.46. The molecule has 0 spiro atoms. The molecule has 0 aliphatic heterocycles. The molecular formula is C15H27NO. The number of hydrogen-bond donors (Lipinski definition) is 1. The molecule has 2 fully saturated rings. The third-order valence-corrected chi connectivity index (χ3v) is 4.36. The van der Waals surface area contributed by atoms with E-state index in [9.17, 15) is 5.11 Å². The van der Waals surface area contributed by atoms with Gasteiger partial charge >= 0.3 is 0 Å². The van der Waals surface area contributed by atoms with E-state index in [2.05, 4.69) is 6.07 Å². The standard InChI is InChI=1S/C13H21NO.C2H6/c14-9-10-1-3-11(4-2-10)12-5-7-13(15)8-6-12;1-2/h10-13,15H,1-8H2;1-2H3. The first-order valence-electron chi connectivity index (χ1n) is 7.37. The summed E-state index contributed by atoms with van der Waals surface area (Å²) in [7, 11) is 0. The van der Waals surface area contributed by atoms with Gasteiger partial charge in [0.15, 0.2) is 0 Å². The topological polar surface area (TPSA) is 44.0 Å². The SMILES string of the molecule is CC.N#CC1CCC(C2CCC(O)CC2)CC1. The van der Waals surface area contributed by atoms with Crippen LogP contribution in [0.2, 0.25) is 0 Å². The molecule has 17 heavy (non-hydrogen) atoms.